The van der Waals surface area contributed by atoms with Gasteiger partial charge in [0.1, 0.15) is 0 Å². The number of nitrogens with two attached hydrogens (primary N) is 1. The maximum atomic E-state index is 8.57. The summed E-state index contributed by atoms with van der Waals surface area (Å²) in [6.07, 6.45) is 0. The van der Waals surface area contributed by atoms with E-state index in [4.69, 9.17) is 10.4 Å². The van der Waals surface area contributed by atoms with Crippen molar-refractivity contribution in [2.75, 3.05) is 5.43 Å². The van der Waals surface area contributed by atoms with Gasteiger partial charge in [-0.2, -0.15) is 0 Å². The Kier molecular flexibility index (Phi) is 2.56. The summed E-state index contributed by atoms with van der Waals surface area (Å²) in [5.74, 6) is 5.12. The van der Waals surface area contributed by atoms with Crippen molar-refractivity contribution in [1.29, 1.82) is 0 Å². The molecule has 0 aliphatic rings. The van der Waals surface area contributed by atoms with Gasteiger partial charge in [0.05, 0.1) is 0 Å². The van der Waals surface area contributed by atoms with Crippen LogP contribution >= 0.6 is 12.0 Å². The molecule has 0 spiro atoms. The molecular formula is C6H8N2OS. The van der Waals surface area contributed by atoms with Crippen LogP contribution in [-0.2, 0) is 0 Å². The van der Waals surface area contributed by atoms with Crippen molar-refractivity contribution in [2.45, 2.75) is 4.90 Å². The molecule has 3 nitrogen and oxygen atoms in total. The zero-order chi connectivity index (χ0) is 7.40. The number of hydrazine groups is 1. The van der Waals surface area contributed by atoms with Crippen molar-refractivity contribution < 1.29 is 4.55 Å². The molecular weight excluding hydrogens is 148 g/mol. The fourth-order valence-electron chi connectivity index (χ4n) is 0.612. The number of hydrogen-bond acceptors (Lipinski definition) is 4. The number of nitrogen functional groups attached to an aromatic ring is 1. The molecule has 0 saturated carbocycles. The first kappa shape index (κ1) is 7.40. The van der Waals surface area contributed by atoms with E-state index in [0.29, 0.717) is 0 Å². The lowest BCUT2D eigenvalue weighted by Gasteiger charge is -1.98. The fourth-order valence-corrected chi connectivity index (χ4v) is 0.870. The molecule has 0 saturated heterocycles. The van der Waals surface area contributed by atoms with Crippen LogP contribution in [0.25, 0.3) is 0 Å². The van der Waals surface area contributed by atoms with E-state index in [1.807, 2.05) is 0 Å². The van der Waals surface area contributed by atoms with Crippen LogP contribution in [-0.4, -0.2) is 4.55 Å². The molecule has 4 heteroatoms. The van der Waals surface area contributed by atoms with E-state index in [-0.39, 0.29) is 0 Å². The lowest BCUT2D eigenvalue weighted by Crippen LogP contribution is -2.05. The third-order valence-electron chi connectivity index (χ3n) is 1.13. The maximum absolute atomic E-state index is 8.57. The van der Waals surface area contributed by atoms with Gasteiger partial charge in [-0.05, 0) is 24.3 Å². The first-order chi connectivity index (χ1) is 4.86. The van der Waals surface area contributed by atoms with Crippen LogP contribution in [0.3, 0.4) is 0 Å². The Morgan fingerprint density at radius 2 is 1.90 bits per heavy atom. The monoisotopic (exact) mass is 156 g/mol. The summed E-state index contributed by atoms with van der Waals surface area (Å²) in [6, 6.07) is 7.14. The molecule has 54 valence electrons. The Balaban J connectivity index is 2.80. The van der Waals surface area contributed by atoms with Crippen LogP contribution in [0.15, 0.2) is 29.2 Å². The molecule has 0 heterocycles. The van der Waals surface area contributed by atoms with Gasteiger partial charge >= 0.3 is 0 Å². The van der Waals surface area contributed by atoms with E-state index in [1.165, 1.54) is 0 Å². The molecule has 0 bridgehead atoms. The Morgan fingerprint density at radius 1 is 1.30 bits per heavy atom. The summed E-state index contributed by atoms with van der Waals surface area (Å²) in [5.41, 5.74) is 3.32. The molecule has 0 atom stereocenters. The molecule has 0 unspecified atom stereocenters. The Hall–Kier alpha value is -0.710. The minimum atomic E-state index is 0.719. The highest BCUT2D eigenvalue weighted by Gasteiger charge is 1.89. The Morgan fingerprint density at radius 3 is 2.30 bits per heavy atom. The highest BCUT2D eigenvalue weighted by Crippen LogP contribution is 2.15. The molecule has 0 aromatic heterocycles. The average molecular weight is 156 g/mol. The molecule has 1 aromatic carbocycles. The third kappa shape index (κ3) is 1.63. The molecule has 0 aliphatic carbocycles. The molecule has 0 fully saturated rings. The molecule has 0 aliphatic heterocycles. The molecule has 0 amide bonds. The minimum absolute atomic E-state index is 0.719. The Bertz CT molecular complexity index is 176. The van der Waals surface area contributed by atoms with Gasteiger partial charge in [-0.15, -0.1) is 0 Å². The van der Waals surface area contributed by atoms with Crippen molar-refractivity contribution in [3.05, 3.63) is 24.3 Å². The predicted molar refractivity (Wildman–Crippen MR) is 42.7 cm³/mol. The highest BCUT2D eigenvalue weighted by molar-refractivity contribution is 7.93. The van der Waals surface area contributed by atoms with Crippen molar-refractivity contribution in [3.8, 4) is 0 Å². The van der Waals surface area contributed by atoms with Gasteiger partial charge in [-0.3, -0.25) is 5.84 Å². The van der Waals surface area contributed by atoms with Crippen molar-refractivity contribution in [3.63, 3.8) is 0 Å². The van der Waals surface area contributed by atoms with E-state index < -0.39 is 0 Å². The van der Waals surface area contributed by atoms with Crippen molar-refractivity contribution >= 4 is 17.7 Å². The first-order valence-electron chi connectivity index (χ1n) is 2.75. The van der Waals surface area contributed by atoms with Gasteiger partial charge < -0.3 is 9.98 Å². The van der Waals surface area contributed by atoms with E-state index in [2.05, 4.69) is 5.43 Å². The van der Waals surface area contributed by atoms with Crippen LogP contribution in [0.2, 0.25) is 0 Å². The molecule has 1 rings (SSSR count). The molecule has 1 aromatic rings. The van der Waals surface area contributed by atoms with E-state index >= 15 is 0 Å². The summed E-state index contributed by atoms with van der Waals surface area (Å²) >= 11 is 0.719. The summed E-state index contributed by atoms with van der Waals surface area (Å²) in [5, 5.41) is 0. The quantitative estimate of drug-likeness (QED) is 0.345. The molecule has 10 heavy (non-hydrogen) atoms. The van der Waals surface area contributed by atoms with Crippen LogP contribution in [0, 0.1) is 0 Å². The van der Waals surface area contributed by atoms with E-state index in [1.54, 1.807) is 24.3 Å². The summed E-state index contributed by atoms with van der Waals surface area (Å²) in [7, 11) is 0. The second kappa shape index (κ2) is 3.46. The van der Waals surface area contributed by atoms with Crippen molar-refractivity contribution in [1.82, 2.24) is 0 Å². The fraction of sp³-hybridized carbons (Fsp3) is 0. The second-order valence-corrected chi connectivity index (χ2v) is 2.41. The van der Waals surface area contributed by atoms with Gasteiger partial charge in [-0.25, -0.2) is 0 Å². The summed E-state index contributed by atoms with van der Waals surface area (Å²) < 4.78 is 8.57. The zero-order valence-electron chi connectivity index (χ0n) is 5.24. The summed E-state index contributed by atoms with van der Waals surface area (Å²) in [4.78, 5) is 0.805. The standard InChI is InChI=1S/C6H8N2OS/c7-8-5-1-3-6(10-9)4-2-5/h1-4,8-9H,7H2. The smallest absolute Gasteiger partial charge is 0.0485 e. The van der Waals surface area contributed by atoms with Gasteiger partial charge in [-0.1, -0.05) is 0 Å². The first-order valence-corrected chi connectivity index (χ1v) is 3.52. The van der Waals surface area contributed by atoms with E-state index in [0.717, 1.165) is 22.6 Å². The maximum Gasteiger partial charge on any atom is 0.0485 e. The number of rotatable bonds is 2. The van der Waals surface area contributed by atoms with Crippen LogP contribution < -0.4 is 11.3 Å². The van der Waals surface area contributed by atoms with E-state index in [9.17, 15) is 0 Å². The van der Waals surface area contributed by atoms with Crippen LogP contribution in [0.4, 0.5) is 5.69 Å². The van der Waals surface area contributed by atoms with Gasteiger partial charge in [0.25, 0.3) is 0 Å². The lowest BCUT2D eigenvalue weighted by atomic mass is 10.3. The van der Waals surface area contributed by atoms with Gasteiger partial charge in [0.15, 0.2) is 0 Å². The number of nitrogens with one attached hydrogen (secondary N) is 1. The number of benzene rings is 1. The largest absolute Gasteiger partial charge is 0.325 e. The normalized spacial score (nSPS) is 9.40. The lowest BCUT2D eigenvalue weighted by molar-refractivity contribution is 0.664. The number of hydrogen-bond donors (Lipinski definition) is 3. The highest BCUT2D eigenvalue weighted by atomic mass is 32.2. The van der Waals surface area contributed by atoms with Gasteiger partial charge in [0, 0.05) is 22.6 Å². The van der Waals surface area contributed by atoms with Crippen molar-refractivity contribution in [2.24, 2.45) is 5.84 Å². The third-order valence-corrected chi connectivity index (χ3v) is 1.61. The molecule has 4 N–H and O–H groups in total. The average Bonchev–Trinajstić information content (AvgIpc) is 2.05. The Labute approximate surface area is 63.4 Å². The SMILES string of the molecule is NNc1ccc(SO)cc1. The minimum Gasteiger partial charge on any atom is -0.325 e. The second-order valence-electron chi connectivity index (χ2n) is 1.76. The predicted octanol–water partition coefficient (Wildman–Crippen LogP) is 1.54. The zero-order valence-corrected chi connectivity index (χ0v) is 6.06. The topological polar surface area (TPSA) is 58.3 Å². The summed E-state index contributed by atoms with van der Waals surface area (Å²) in [6.45, 7) is 0. The van der Waals surface area contributed by atoms with Gasteiger partial charge in [0.2, 0.25) is 0 Å². The molecule has 0 radical (unpaired) electrons. The van der Waals surface area contributed by atoms with Crippen LogP contribution in [0.1, 0.15) is 0 Å². The van der Waals surface area contributed by atoms with Crippen LogP contribution in [0.5, 0.6) is 0 Å². The number of anilines is 1.